The molecule has 16 heavy (non-hydrogen) atoms. The summed E-state index contributed by atoms with van der Waals surface area (Å²) in [5.74, 6) is 0. The van der Waals surface area contributed by atoms with Crippen molar-refractivity contribution in [1.82, 2.24) is 4.47 Å². The van der Waals surface area contributed by atoms with Crippen LogP contribution in [0.3, 0.4) is 0 Å². The van der Waals surface area contributed by atoms with Gasteiger partial charge in [0.1, 0.15) is 0 Å². The topological polar surface area (TPSA) is 72.6 Å². The third-order valence-electron chi connectivity index (χ3n) is 2.24. The Kier molecular flexibility index (Phi) is 3.80. The van der Waals surface area contributed by atoms with Crippen LogP contribution >= 0.6 is 11.6 Å². The quantitative estimate of drug-likeness (QED) is 0.662. The van der Waals surface area contributed by atoms with E-state index in [1.807, 2.05) is 0 Å². The highest BCUT2D eigenvalue weighted by Gasteiger charge is 2.24. The zero-order valence-electron chi connectivity index (χ0n) is 9.19. The van der Waals surface area contributed by atoms with Crippen LogP contribution < -0.4 is 5.73 Å². The molecule has 0 aliphatic carbocycles. The fraction of sp³-hybridized carbons (Fsp3) is 0.333. The number of sulfonamides is 1. The Morgan fingerprint density at radius 2 is 2.00 bits per heavy atom. The number of hydroxylamine groups is 1. The monoisotopic (exact) mass is 264 g/mol. The summed E-state index contributed by atoms with van der Waals surface area (Å²) < 4.78 is 24.7. The molecule has 0 radical (unpaired) electrons. The molecule has 0 unspecified atom stereocenters. The Morgan fingerprint density at radius 1 is 1.44 bits per heavy atom. The van der Waals surface area contributed by atoms with Gasteiger partial charge < -0.3 is 5.73 Å². The Hall–Kier alpha value is -0.820. The lowest BCUT2D eigenvalue weighted by atomic mass is 10.2. The van der Waals surface area contributed by atoms with Gasteiger partial charge in [-0.3, -0.25) is 4.84 Å². The second-order valence-electron chi connectivity index (χ2n) is 3.22. The number of benzene rings is 1. The fourth-order valence-electron chi connectivity index (χ4n) is 1.18. The van der Waals surface area contributed by atoms with E-state index in [4.69, 9.17) is 17.3 Å². The standard InChI is InChI=1S/C9H13ClN2O3S/c1-6-8(11)4-7(10)5-9(6)16(13,14)12(2)15-3/h4-5H,11H2,1-3H3. The molecule has 0 heterocycles. The summed E-state index contributed by atoms with van der Waals surface area (Å²) in [5.41, 5.74) is 6.43. The van der Waals surface area contributed by atoms with Crippen LogP contribution in [0.5, 0.6) is 0 Å². The Morgan fingerprint density at radius 3 is 2.50 bits per heavy atom. The van der Waals surface area contributed by atoms with Gasteiger partial charge in [-0.2, -0.15) is 0 Å². The van der Waals surface area contributed by atoms with Crippen LogP contribution in [0, 0.1) is 6.92 Å². The van der Waals surface area contributed by atoms with Gasteiger partial charge in [-0.25, -0.2) is 8.42 Å². The lowest BCUT2D eigenvalue weighted by Gasteiger charge is -2.16. The molecule has 5 nitrogen and oxygen atoms in total. The van der Waals surface area contributed by atoms with E-state index in [1.165, 1.54) is 26.3 Å². The first-order valence-electron chi connectivity index (χ1n) is 4.39. The molecule has 0 amide bonds. The molecule has 0 saturated carbocycles. The molecule has 0 bridgehead atoms. The van der Waals surface area contributed by atoms with E-state index in [2.05, 4.69) is 4.84 Å². The molecule has 7 heteroatoms. The van der Waals surface area contributed by atoms with Crippen LogP contribution in [0.15, 0.2) is 17.0 Å². The Labute approximate surface area is 99.8 Å². The number of halogens is 1. The largest absolute Gasteiger partial charge is 0.398 e. The molecular weight excluding hydrogens is 252 g/mol. The molecule has 0 fully saturated rings. The number of rotatable bonds is 3. The number of anilines is 1. The number of nitrogen functional groups attached to an aromatic ring is 1. The molecule has 2 N–H and O–H groups in total. The summed E-state index contributed by atoms with van der Waals surface area (Å²) >= 11 is 5.77. The van der Waals surface area contributed by atoms with Crippen LogP contribution in [-0.4, -0.2) is 27.0 Å². The first-order chi connectivity index (χ1) is 7.30. The van der Waals surface area contributed by atoms with E-state index in [0.717, 1.165) is 4.47 Å². The Balaban J connectivity index is 3.45. The highest BCUT2D eigenvalue weighted by Crippen LogP contribution is 2.27. The van der Waals surface area contributed by atoms with Crippen LogP contribution in [0.2, 0.25) is 5.02 Å². The van der Waals surface area contributed by atoms with Crippen molar-refractivity contribution in [1.29, 1.82) is 0 Å². The molecule has 0 atom stereocenters. The number of nitrogens with two attached hydrogens (primary N) is 1. The molecule has 90 valence electrons. The average molecular weight is 265 g/mol. The van der Waals surface area contributed by atoms with E-state index in [-0.39, 0.29) is 9.92 Å². The van der Waals surface area contributed by atoms with Gasteiger partial charge in [-0.05, 0) is 24.6 Å². The summed E-state index contributed by atoms with van der Waals surface area (Å²) in [7, 11) is -1.16. The SMILES string of the molecule is CON(C)S(=O)(=O)c1cc(Cl)cc(N)c1C. The van der Waals surface area contributed by atoms with Crippen molar-refractivity contribution >= 4 is 27.3 Å². The van der Waals surface area contributed by atoms with E-state index in [0.29, 0.717) is 11.3 Å². The van der Waals surface area contributed by atoms with Crippen molar-refractivity contribution in [3.05, 3.63) is 22.7 Å². The molecule has 1 rings (SSSR count). The highest BCUT2D eigenvalue weighted by molar-refractivity contribution is 7.89. The maximum absolute atomic E-state index is 12.0. The molecule has 0 aliphatic rings. The van der Waals surface area contributed by atoms with Gasteiger partial charge in [0, 0.05) is 17.8 Å². The van der Waals surface area contributed by atoms with Crippen molar-refractivity contribution < 1.29 is 13.3 Å². The Bertz CT molecular complexity index is 502. The molecule has 1 aromatic carbocycles. The molecule has 1 aromatic rings. The number of hydrogen-bond acceptors (Lipinski definition) is 4. The number of nitrogens with zero attached hydrogens (tertiary/aromatic N) is 1. The third kappa shape index (κ3) is 2.30. The van der Waals surface area contributed by atoms with Crippen molar-refractivity contribution in [3.8, 4) is 0 Å². The zero-order chi connectivity index (χ0) is 12.5. The van der Waals surface area contributed by atoms with Crippen LogP contribution in [0.1, 0.15) is 5.56 Å². The van der Waals surface area contributed by atoms with Crippen molar-refractivity contribution in [2.45, 2.75) is 11.8 Å². The minimum absolute atomic E-state index is 0.0434. The molecule has 0 aromatic heterocycles. The zero-order valence-corrected chi connectivity index (χ0v) is 10.8. The van der Waals surface area contributed by atoms with Crippen LogP contribution in [0.4, 0.5) is 5.69 Å². The summed E-state index contributed by atoms with van der Waals surface area (Å²) in [4.78, 5) is 4.71. The smallest absolute Gasteiger partial charge is 0.265 e. The summed E-state index contributed by atoms with van der Waals surface area (Å²) in [6.45, 7) is 1.61. The molecular formula is C9H13ClN2O3S. The summed E-state index contributed by atoms with van der Waals surface area (Å²) in [6.07, 6.45) is 0. The van der Waals surface area contributed by atoms with Gasteiger partial charge in [-0.1, -0.05) is 16.1 Å². The van der Waals surface area contributed by atoms with Gasteiger partial charge in [0.25, 0.3) is 10.0 Å². The fourth-order valence-corrected chi connectivity index (χ4v) is 2.72. The maximum Gasteiger partial charge on any atom is 0.265 e. The van der Waals surface area contributed by atoms with E-state index < -0.39 is 10.0 Å². The first-order valence-corrected chi connectivity index (χ1v) is 6.21. The first kappa shape index (κ1) is 13.2. The van der Waals surface area contributed by atoms with Gasteiger partial charge in [0.05, 0.1) is 12.0 Å². The van der Waals surface area contributed by atoms with E-state index >= 15 is 0 Å². The number of hydrogen-bond donors (Lipinski definition) is 1. The summed E-state index contributed by atoms with van der Waals surface area (Å²) in [5, 5.41) is 0.270. The molecule has 0 spiro atoms. The second kappa shape index (κ2) is 4.58. The van der Waals surface area contributed by atoms with Gasteiger partial charge >= 0.3 is 0 Å². The third-order valence-corrected chi connectivity index (χ3v) is 4.26. The predicted molar refractivity (Wildman–Crippen MR) is 62.6 cm³/mol. The van der Waals surface area contributed by atoms with Gasteiger partial charge in [0.15, 0.2) is 0 Å². The van der Waals surface area contributed by atoms with E-state index in [1.54, 1.807) is 6.92 Å². The van der Waals surface area contributed by atoms with Crippen molar-refractivity contribution in [2.75, 3.05) is 19.9 Å². The lowest BCUT2D eigenvalue weighted by molar-refractivity contribution is -0.0258. The predicted octanol–water partition coefficient (Wildman–Crippen LogP) is 1.41. The van der Waals surface area contributed by atoms with Crippen molar-refractivity contribution in [3.63, 3.8) is 0 Å². The molecule has 0 aliphatic heterocycles. The van der Waals surface area contributed by atoms with Gasteiger partial charge in [-0.15, -0.1) is 0 Å². The normalized spacial score (nSPS) is 12.1. The average Bonchev–Trinajstić information content (AvgIpc) is 2.21. The minimum atomic E-state index is -3.72. The highest BCUT2D eigenvalue weighted by atomic mass is 35.5. The van der Waals surface area contributed by atoms with Crippen LogP contribution in [0.25, 0.3) is 0 Å². The summed E-state index contributed by atoms with van der Waals surface area (Å²) in [6, 6.07) is 2.85. The molecule has 0 saturated heterocycles. The maximum atomic E-state index is 12.0. The second-order valence-corrected chi connectivity index (χ2v) is 5.56. The minimum Gasteiger partial charge on any atom is -0.398 e. The van der Waals surface area contributed by atoms with Gasteiger partial charge in [0.2, 0.25) is 0 Å². The van der Waals surface area contributed by atoms with Crippen LogP contribution in [-0.2, 0) is 14.9 Å². The van der Waals surface area contributed by atoms with E-state index in [9.17, 15) is 8.42 Å². The lowest BCUT2D eigenvalue weighted by Crippen LogP contribution is -2.26. The van der Waals surface area contributed by atoms with Crippen molar-refractivity contribution in [2.24, 2.45) is 0 Å².